The average molecular weight is 294 g/mol. The Bertz CT molecular complexity index is 757. The van der Waals surface area contributed by atoms with Gasteiger partial charge in [0.1, 0.15) is 11.8 Å². The number of fused-ring (bicyclic) bond motifs is 1. The molecule has 0 unspecified atom stereocenters. The molecule has 2 aromatic heterocycles. The van der Waals surface area contributed by atoms with Gasteiger partial charge in [-0.1, -0.05) is 30.3 Å². The summed E-state index contributed by atoms with van der Waals surface area (Å²) in [7, 11) is 4.07. The Hall–Kier alpha value is -2.60. The summed E-state index contributed by atoms with van der Waals surface area (Å²) in [5.41, 5.74) is 3.13. The molecule has 2 heterocycles. The summed E-state index contributed by atoms with van der Waals surface area (Å²) in [5, 5.41) is 3.28. The lowest BCUT2D eigenvalue weighted by Gasteiger charge is -2.11. The van der Waals surface area contributed by atoms with Crippen LogP contribution in [0.4, 0.5) is 5.82 Å². The molecular formula is C16H18N6. The molecule has 0 aliphatic carbocycles. The van der Waals surface area contributed by atoms with Gasteiger partial charge >= 0.3 is 0 Å². The SMILES string of the molecule is CN(C)CCNc1ncnc2nc(-c3ccccc3)cnc12. The molecule has 0 radical (unpaired) electrons. The van der Waals surface area contributed by atoms with E-state index in [0.29, 0.717) is 11.2 Å². The molecule has 0 atom stereocenters. The minimum Gasteiger partial charge on any atom is -0.367 e. The van der Waals surface area contributed by atoms with Gasteiger partial charge in [-0.3, -0.25) is 0 Å². The molecule has 0 saturated heterocycles. The number of likely N-dealkylation sites (N-methyl/N-ethyl adjacent to an activating group) is 1. The Morgan fingerprint density at radius 2 is 1.86 bits per heavy atom. The van der Waals surface area contributed by atoms with Crippen molar-refractivity contribution in [3.8, 4) is 11.3 Å². The third-order valence-electron chi connectivity index (χ3n) is 3.27. The van der Waals surface area contributed by atoms with Crippen molar-refractivity contribution < 1.29 is 0 Å². The van der Waals surface area contributed by atoms with Gasteiger partial charge in [0.15, 0.2) is 11.5 Å². The summed E-state index contributed by atoms with van der Waals surface area (Å²) < 4.78 is 0. The Labute approximate surface area is 129 Å². The number of hydrogen-bond acceptors (Lipinski definition) is 6. The molecule has 3 aromatic rings. The lowest BCUT2D eigenvalue weighted by Crippen LogP contribution is -2.21. The minimum atomic E-state index is 0.601. The fraction of sp³-hybridized carbons (Fsp3) is 0.250. The van der Waals surface area contributed by atoms with Gasteiger partial charge in [0.05, 0.1) is 11.9 Å². The standard InChI is InChI=1S/C16H18N6/c1-22(2)9-8-17-15-14-16(20-11-19-15)21-13(10-18-14)12-6-4-3-5-7-12/h3-7,10-11H,8-9H2,1-2H3,(H,17,19,20,21). The van der Waals surface area contributed by atoms with Gasteiger partial charge in [-0.2, -0.15) is 0 Å². The monoisotopic (exact) mass is 294 g/mol. The minimum absolute atomic E-state index is 0.601. The highest BCUT2D eigenvalue weighted by Gasteiger charge is 2.08. The summed E-state index contributed by atoms with van der Waals surface area (Å²) in [6, 6.07) is 9.96. The lowest BCUT2D eigenvalue weighted by atomic mass is 10.2. The average Bonchev–Trinajstić information content (AvgIpc) is 2.55. The topological polar surface area (TPSA) is 66.8 Å². The van der Waals surface area contributed by atoms with E-state index >= 15 is 0 Å². The van der Waals surface area contributed by atoms with Crippen LogP contribution in [0.1, 0.15) is 0 Å². The molecule has 6 heteroatoms. The van der Waals surface area contributed by atoms with Gasteiger partial charge < -0.3 is 10.2 Å². The van der Waals surface area contributed by atoms with Crippen LogP contribution in [0, 0.1) is 0 Å². The Morgan fingerprint density at radius 3 is 2.64 bits per heavy atom. The maximum atomic E-state index is 4.59. The molecule has 0 saturated carbocycles. The normalized spacial score (nSPS) is 11.0. The summed E-state index contributed by atoms with van der Waals surface area (Å²) >= 11 is 0. The molecule has 0 fully saturated rings. The van der Waals surface area contributed by atoms with E-state index < -0.39 is 0 Å². The van der Waals surface area contributed by atoms with Gasteiger partial charge in [-0.15, -0.1) is 0 Å². The van der Waals surface area contributed by atoms with Crippen molar-refractivity contribution in [2.75, 3.05) is 32.5 Å². The first-order valence-electron chi connectivity index (χ1n) is 7.16. The van der Waals surface area contributed by atoms with Crippen molar-refractivity contribution in [1.82, 2.24) is 24.8 Å². The highest BCUT2D eigenvalue weighted by molar-refractivity contribution is 5.83. The van der Waals surface area contributed by atoms with E-state index in [1.54, 1.807) is 6.20 Å². The van der Waals surface area contributed by atoms with Gasteiger partial charge in [0.2, 0.25) is 0 Å². The molecule has 0 spiro atoms. The first kappa shape index (κ1) is 14.3. The molecule has 6 nitrogen and oxygen atoms in total. The first-order valence-corrected chi connectivity index (χ1v) is 7.16. The van der Waals surface area contributed by atoms with Crippen molar-refractivity contribution in [3.05, 3.63) is 42.9 Å². The number of benzene rings is 1. The summed E-state index contributed by atoms with van der Waals surface area (Å²) in [6.07, 6.45) is 3.28. The summed E-state index contributed by atoms with van der Waals surface area (Å²) in [4.78, 5) is 19.7. The molecular weight excluding hydrogens is 276 g/mol. The maximum Gasteiger partial charge on any atom is 0.184 e. The second-order valence-corrected chi connectivity index (χ2v) is 5.25. The van der Waals surface area contributed by atoms with Crippen LogP contribution >= 0.6 is 0 Å². The quantitative estimate of drug-likeness (QED) is 0.777. The molecule has 3 rings (SSSR count). The highest BCUT2D eigenvalue weighted by Crippen LogP contribution is 2.20. The van der Waals surface area contributed by atoms with E-state index in [4.69, 9.17) is 0 Å². The van der Waals surface area contributed by atoms with E-state index in [-0.39, 0.29) is 0 Å². The number of hydrogen-bond donors (Lipinski definition) is 1. The maximum absolute atomic E-state index is 4.59. The van der Waals surface area contributed by atoms with E-state index in [0.717, 1.165) is 30.2 Å². The highest BCUT2D eigenvalue weighted by atomic mass is 15.1. The number of nitrogens with zero attached hydrogens (tertiary/aromatic N) is 5. The summed E-state index contributed by atoms with van der Waals surface area (Å²) in [5.74, 6) is 0.721. The fourth-order valence-electron chi connectivity index (χ4n) is 2.11. The predicted molar refractivity (Wildman–Crippen MR) is 87.6 cm³/mol. The van der Waals surface area contributed by atoms with Crippen molar-refractivity contribution in [2.45, 2.75) is 0 Å². The number of rotatable bonds is 5. The summed E-state index contributed by atoms with van der Waals surface area (Å²) in [6.45, 7) is 1.71. The van der Waals surface area contributed by atoms with Crippen molar-refractivity contribution >= 4 is 17.0 Å². The van der Waals surface area contributed by atoms with Crippen LogP contribution in [0.25, 0.3) is 22.4 Å². The van der Waals surface area contributed by atoms with Gasteiger partial charge in [-0.05, 0) is 14.1 Å². The predicted octanol–water partition coefficient (Wildman–Crippen LogP) is 2.06. The van der Waals surface area contributed by atoms with Crippen LogP contribution < -0.4 is 5.32 Å². The smallest absolute Gasteiger partial charge is 0.184 e. The molecule has 112 valence electrons. The number of nitrogens with one attached hydrogen (secondary N) is 1. The zero-order chi connectivity index (χ0) is 15.4. The zero-order valence-electron chi connectivity index (χ0n) is 12.7. The van der Waals surface area contributed by atoms with E-state index in [1.165, 1.54) is 6.33 Å². The lowest BCUT2D eigenvalue weighted by molar-refractivity contribution is 0.425. The Kier molecular flexibility index (Phi) is 4.20. The van der Waals surface area contributed by atoms with E-state index in [1.807, 2.05) is 44.4 Å². The first-order chi connectivity index (χ1) is 10.7. The number of aromatic nitrogens is 4. The molecule has 1 aromatic carbocycles. The Balaban J connectivity index is 1.90. The third-order valence-corrected chi connectivity index (χ3v) is 3.27. The zero-order valence-corrected chi connectivity index (χ0v) is 12.7. The second kappa shape index (κ2) is 6.44. The van der Waals surface area contributed by atoms with Gasteiger partial charge in [-0.25, -0.2) is 19.9 Å². The molecule has 0 aliphatic rings. The molecule has 22 heavy (non-hydrogen) atoms. The van der Waals surface area contributed by atoms with Crippen LogP contribution in [0.2, 0.25) is 0 Å². The van der Waals surface area contributed by atoms with Gasteiger partial charge in [0, 0.05) is 18.7 Å². The second-order valence-electron chi connectivity index (χ2n) is 5.25. The Morgan fingerprint density at radius 1 is 1.05 bits per heavy atom. The molecule has 0 amide bonds. The molecule has 0 bridgehead atoms. The van der Waals surface area contributed by atoms with E-state index in [2.05, 4.69) is 30.2 Å². The van der Waals surface area contributed by atoms with Crippen LogP contribution in [-0.2, 0) is 0 Å². The fourth-order valence-corrected chi connectivity index (χ4v) is 2.11. The van der Waals surface area contributed by atoms with Crippen molar-refractivity contribution in [1.29, 1.82) is 0 Å². The molecule has 1 N–H and O–H groups in total. The van der Waals surface area contributed by atoms with E-state index in [9.17, 15) is 0 Å². The van der Waals surface area contributed by atoms with Crippen LogP contribution in [0.5, 0.6) is 0 Å². The van der Waals surface area contributed by atoms with Crippen LogP contribution in [0.15, 0.2) is 42.9 Å². The van der Waals surface area contributed by atoms with Gasteiger partial charge in [0.25, 0.3) is 0 Å². The largest absolute Gasteiger partial charge is 0.367 e. The van der Waals surface area contributed by atoms with Crippen molar-refractivity contribution in [2.24, 2.45) is 0 Å². The number of anilines is 1. The van der Waals surface area contributed by atoms with Crippen LogP contribution in [-0.4, -0.2) is 52.0 Å². The molecule has 0 aliphatic heterocycles. The van der Waals surface area contributed by atoms with Crippen molar-refractivity contribution in [3.63, 3.8) is 0 Å². The van der Waals surface area contributed by atoms with Crippen LogP contribution in [0.3, 0.4) is 0 Å². The third kappa shape index (κ3) is 3.17.